The zero-order chi connectivity index (χ0) is 10.5. The summed E-state index contributed by atoms with van der Waals surface area (Å²) in [5.74, 6) is 1.78. The van der Waals surface area contributed by atoms with Gasteiger partial charge in [-0.15, -0.1) is 0 Å². The van der Waals surface area contributed by atoms with Gasteiger partial charge in [-0.2, -0.15) is 0 Å². The molecule has 1 aliphatic carbocycles. The highest BCUT2D eigenvalue weighted by Gasteiger charge is 2.00. The van der Waals surface area contributed by atoms with Crippen LogP contribution in [0, 0.1) is 0 Å². The normalized spacial score (nSPS) is 15.3. The molecule has 0 aromatic carbocycles. The zero-order valence-electron chi connectivity index (χ0n) is 8.68. The van der Waals surface area contributed by atoms with Crippen molar-refractivity contribution in [3.63, 3.8) is 0 Å². The molecule has 1 aromatic heterocycles. The number of aromatic nitrogens is 1. The number of rotatable bonds is 2. The number of hydrogen-bond acceptors (Lipinski definition) is 2. The molecule has 0 aliphatic heterocycles. The third kappa shape index (κ3) is 2.81. The van der Waals surface area contributed by atoms with Crippen LogP contribution in [0.1, 0.15) is 13.3 Å². The van der Waals surface area contributed by atoms with Crippen molar-refractivity contribution < 1.29 is 4.74 Å². The lowest BCUT2D eigenvalue weighted by atomic mass is 10.3. The average molecular weight is 199 g/mol. The molecule has 0 spiro atoms. The predicted octanol–water partition coefficient (Wildman–Crippen LogP) is 3.25. The molecule has 0 fully saturated rings. The Morgan fingerprint density at radius 2 is 2.00 bits per heavy atom. The van der Waals surface area contributed by atoms with Gasteiger partial charge in [-0.25, -0.2) is 0 Å². The van der Waals surface area contributed by atoms with Gasteiger partial charge in [0.25, 0.3) is 0 Å². The molecule has 1 heterocycles. The minimum Gasteiger partial charge on any atom is -0.461 e. The largest absolute Gasteiger partial charge is 0.461 e. The van der Waals surface area contributed by atoms with E-state index in [1.165, 1.54) is 5.57 Å². The summed E-state index contributed by atoms with van der Waals surface area (Å²) in [7, 11) is 0. The van der Waals surface area contributed by atoms with E-state index in [0.29, 0.717) is 0 Å². The van der Waals surface area contributed by atoms with Gasteiger partial charge in [0.05, 0.1) is 0 Å². The summed E-state index contributed by atoms with van der Waals surface area (Å²) in [5.41, 5.74) is 1.24. The number of allylic oxidation sites excluding steroid dienone is 5. The Bertz CT molecular complexity index is 415. The Balaban J connectivity index is 2.11. The highest BCUT2D eigenvalue weighted by molar-refractivity contribution is 5.29. The smallest absolute Gasteiger partial charge is 0.130 e. The van der Waals surface area contributed by atoms with Crippen molar-refractivity contribution in [1.82, 2.24) is 4.98 Å². The van der Waals surface area contributed by atoms with Crippen molar-refractivity contribution in [3.05, 3.63) is 60.2 Å². The molecule has 1 aliphatic rings. The van der Waals surface area contributed by atoms with E-state index in [-0.39, 0.29) is 0 Å². The van der Waals surface area contributed by atoms with Crippen molar-refractivity contribution in [3.8, 4) is 5.75 Å². The van der Waals surface area contributed by atoms with Crippen LogP contribution in [0.3, 0.4) is 0 Å². The quantitative estimate of drug-likeness (QED) is 0.729. The van der Waals surface area contributed by atoms with Gasteiger partial charge >= 0.3 is 0 Å². The Hall–Kier alpha value is -1.83. The monoisotopic (exact) mass is 199 g/mol. The van der Waals surface area contributed by atoms with Crippen molar-refractivity contribution in [2.45, 2.75) is 13.3 Å². The first kappa shape index (κ1) is 9.71. The molecule has 0 saturated heterocycles. The summed E-state index contributed by atoms with van der Waals surface area (Å²) in [6, 6.07) is 3.71. The van der Waals surface area contributed by atoms with E-state index in [1.807, 2.05) is 18.2 Å². The van der Waals surface area contributed by atoms with Crippen molar-refractivity contribution in [2.75, 3.05) is 0 Å². The first-order chi connectivity index (χ1) is 7.34. The van der Waals surface area contributed by atoms with Crippen LogP contribution >= 0.6 is 0 Å². The Labute approximate surface area is 89.6 Å². The predicted molar refractivity (Wildman–Crippen MR) is 60.5 cm³/mol. The fraction of sp³-hybridized carbons (Fsp3) is 0.154. The van der Waals surface area contributed by atoms with Crippen LogP contribution in [-0.4, -0.2) is 4.98 Å². The second-order valence-electron chi connectivity index (χ2n) is 3.44. The highest BCUT2D eigenvalue weighted by Crippen LogP contribution is 2.17. The summed E-state index contributed by atoms with van der Waals surface area (Å²) in [5, 5.41) is 0. The molecule has 76 valence electrons. The molecular weight excluding hydrogens is 186 g/mol. The molecule has 0 amide bonds. The van der Waals surface area contributed by atoms with E-state index in [2.05, 4.69) is 30.1 Å². The standard InChI is InChI=1S/C13H13NO/c1-11-3-2-4-12(6-5-11)15-13-7-9-14-10-8-13/h2-3,5-10H,4H2,1H3. The third-order valence-electron chi connectivity index (χ3n) is 2.13. The third-order valence-corrected chi connectivity index (χ3v) is 2.13. The van der Waals surface area contributed by atoms with E-state index in [0.717, 1.165) is 17.9 Å². The van der Waals surface area contributed by atoms with Crippen molar-refractivity contribution >= 4 is 0 Å². The maximum Gasteiger partial charge on any atom is 0.130 e. The van der Waals surface area contributed by atoms with Crippen LogP contribution in [0.2, 0.25) is 0 Å². The van der Waals surface area contributed by atoms with Gasteiger partial charge in [0, 0.05) is 18.8 Å². The summed E-state index contributed by atoms with van der Waals surface area (Å²) in [4.78, 5) is 3.94. The van der Waals surface area contributed by atoms with Crippen LogP contribution in [0.4, 0.5) is 0 Å². The molecule has 0 atom stereocenters. The lowest BCUT2D eigenvalue weighted by Gasteiger charge is -2.06. The number of hydrogen-bond donors (Lipinski definition) is 0. The topological polar surface area (TPSA) is 22.1 Å². The van der Waals surface area contributed by atoms with E-state index in [4.69, 9.17) is 4.74 Å². The van der Waals surface area contributed by atoms with E-state index in [1.54, 1.807) is 12.4 Å². The van der Waals surface area contributed by atoms with Crippen LogP contribution in [0.25, 0.3) is 0 Å². The van der Waals surface area contributed by atoms with Crippen LogP contribution in [0.15, 0.2) is 60.2 Å². The van der Waals surface area contributed by atoms with E-state index >= 15 is 0 Å². The van der Waals surface area contributed by atoms with Crippen LogP contribution in [0.5, 0.6) is 5.75 Å². The Kier molecular flexibility index (Phi) is 2.98. The maximum atomic E-state index is 5.71. The summed E-state index contributed by atoms with van der Waals surface area (Å²) < 4.78 is 5.71. The zero-order valence-corrected chi connectivity index (χ0v) is 8.68. The van der Waals surface area contributed by atoms with Gasteiger partial charge in [0.2, 0.25) is 0 Å². The average Bonchev–Trinajstić information content (AvgIpc) is 2.46. The lowest BCUT2D eigenvalue weighted by Crippen LogP contribution is -1.93. The number of nitrogens with zero attached hydrogens (tertiary/aromatic N) is 1. The van der Waals surface area contributed by atoms with E-state index in [9.17, 15) is 0 Å². The lowest BCUT2D eigenvalue weighted by molar-refractivity contribution is 0.415. The molecule has 1 aromatic rings. The first-order valence-corrected chi connectivity index (χ1v) is 4.96. The van der Waals surface area contributed by atoms with Crippen molar-refractivity contribution in [1.29, 1.82) is 0 Å². The molecule has 0 saturated carbocycles. The molecule has 2 heteroatoms. The van der Waals surface area contributed by atoms with Gasteiger partial charge in [0.15, 0.2) is 0 Å². The molecule has 2 nitrogen and oxygen atoms in total. The Morgan fingerprint density at radius 1 is 1.20 bits per heavy atom. The second-order valence-corrected chi connectivity index (χ2v) is 3.44. The molecular formula is C13H13NO. The van der Waals surface area contributed by atoms with Crippen LogP contribution in [-0.2, 0) is 0 Å². The molecule has 2 rings (SSSR count). The molecule has 0 radical (unpaired) electrons. The molecule has 0 N–H and O–H groups in total. The maximum absolute atomic E-state index is 5.71. The van der Waals surface area contributed by atoms with Gasteiger partial charge in [0.1, 0.15) is 11.5 Å². The van der Waals surface area contributed by atoms with Gasteiger partial charge in [-0.05, 0) is 25.1 Å². The van der Waals surface area contributed by atoms with Gasteiger partial charge < -0.3 is 4.74 Å². The van der Waals surface area contributed by atoms with E-state index < -0.39 is 0 Å². The van der Waals surface area contributed by atoms with Gasteiger partial charge in [-0.3, -0.25) is 4.98 Å². The highest BCUT2D eigenvalue weighted by atomic mass is 16.5. The molecule has 0 bridgehead atoms. The summed E-state index contributed by atoms with van der Waals surface area (Å²) in [6.45, 7) is 2.07. The fourth-order valence-electron chi connectivity index (χ4n) is 1.34. The number of ether oxygens (including phenoxy) is 1. The minimum absolute atomic E-state index is 0.830. The Morgan fingerprint density at radius 3 is 2.80 bits per heavy atom. The fourth-order valence-corrected chi connectivity index (χ4v) is 1.34. The minimum atomic E-state index is 0.830. The molecule has 0 unspecified atom stereocenters. The SMILES string of the molecule is CC1=CC=C(Oc2ccncc2)CC=C1. The summed E-state index contributed by atoms with van der Waals surface area (Å²) in [6.07, 6.45) is 12.5. The van der Waals surface area contributed by atoms with Crippen molar-refractivity contribution in [2.24, 2.45) is 0 Å². The number of pyridine rings is 1. The summed E-state index contributed by atoms with van der Waals surface area (Å²) >= 11 is 0. The van der Waals surface area contributed by atoms with Crippen LogP contribution < -0.4 is 4.74 Å². The van der Waals surface area contributed by atoms with Gasteiger partial charge in [-0.1, -0.05) is 23.8 Å². The second kappa shape index (κ2) is 4.60. The first-order valence-electron chi connectivity index (χ1n) is 4.96. The molecule has 15 heavy (non-hydrogen) atoms.